The van der Waals surface area contributed by atoms with E-state index in [0.717, 1.165) is 26.7 Å². The standard InChI is InChI=1S/C22H17F3N2O2S/c1-12-20(21(28)29)13(2)27(26-12)18-7-4-8-19-17(18)11-16(30-19)10-14-5-3-6-15(9-14)22(23,24)25/h3-9,11H,10H2,1-2H3,(H,28,29). The molecule has 2 aromatic carbocycles. The summed E-state index contributed by atoms with van der Waals surface area (Å²) in [6, 6.07) is 12.9. The van der Waals surface area contributed by atoms with Gasteiger partial charge in [0.15, 0.2) is 0 Å². The molecular weight excluding hydrogens is 413 g/mol. The summed E-state index contributed by atoms with van der Waals surface area (Å²) in [5.41, 5.74) is 1.79. The minimum absolute atomic E-state index is 0.173. The third-order valence-electron chi connectivity index (χ3n) is 4.96. The lowest BCUT2D eigenvalue weighted by Crippen LogP contribution is -2.05. The van der Waals surface area contributed by atoms with Crippen LogP contribution in [0.3, 0.4) is 0 Å². The molecule has 1 N–H and O–H groups in total. The van der Waals surface area contributed by atoms with Crippen LogP contribution in [0.5, 0.6) is 0 Å². The number of aromatic nitrogens is 2. The Morgan fingerprint density at radius 1 is 1.13 bits per heavy atom. The van der Waals surface area contributed by atoms with Crippen LogP contribution in [-0.4, -0.2) is 20.9 Å². The van der Waals surface area contributed by atoms with Gasteiger partial charge >= 0.3 is 12.1 Å². The molecule has 0 unspecified atom stereocenters. The summed E-state index contributed by atoms with van der Waals surface area (Å²) in [7, 11) is 0. The zero-order valence-electron chi connectivity index (χ0n) is 16.1. The maximum Gasteiger partial charge on any atom is 0.416 e. The van der Waals surface area contributed by atoms with Crippen LogP contribution in [0.15, 0.2) is 48.5 Å². The van der Waals surface area contributed by atoms with Crippen LogP contribution in [0.1, 0.15) is 37.7 Å². The SMILES string of the molecule is Cc1nn(-c2cccc3sc(Cc4cccc(C(F)(F)F)c4)cc23)c(C)c1C(=O)O. The van der Waals surface area contributed by atoms with Gasteiger partial charge in [-0.2, -0.15) is 18.3 Å². The second kappa shape index (κ2) is 7.28. The van der Waals surface area contributed by atoms with Gasteiger partial charge in [-0.1, -0.05) is 24.3 Å². The first kappa shape index (κ1) is 20.2. The van der Waals surface area contributed by atoms with Crippen molar-refractivity contribution < 1.29 is 23.1 Å². The summed E-state index contributed by atoms with van der Waals surface area (Å²) in [6.07, 6.45) is -4.00. The highest BCUT2D eigenvalue weighted by Gasteiger charge is 2.30. The van der Waals surface area contributed by atoms with E-state index in [2.05, 4.69) is 5.10 Å². The Hall–Kier alpha value is -3.13. The van der Waals surface area contributed by atoms with E-state index >= 15 is 0 Å². The van der Waals surface area contributed by atoms with E-state index in [9.17, 15) is 23.1 Å². The third-order valence-corrected chi connectivity index (χ3v) is 6.06. The molecule has 2 aromatic heterocycles. The van der Waals surface area contributed by atoms with Crippen molar-refractivity contribution in [3.05, 3.63) is 81.5 Å². The van der Waals surface area contributed by atoms with Crippen molar-refractivity contribution in [3.63, 3.8) is 0 Å². The maximum atomic E-state index is 13.0. The summed E-state index contributed by atoms with van der Waals surface area (Å²) in [6.45, 7) is 3.36. The first-order valence-electron chi connectivity index (χ1n) is 9.12. The lowest BCUT2D eigenvalue weighted by atomic mass is 10.1. The molecule has 4 nitrogen and oxygen atoms in total. The summed E-state index contributed by atoms with van der Waals surface area (Å²) >= 11 is 1.50. The Bertz CT molecular complexity index is 1270. The molecule has 0 spiro atoms. The van der Waals surface area contributed by atoms with Crippen molar-refractivity contribution in [1.82, 2.24) is 9.78 Å². The van der Waals surface area contributed by atoms with Gasteiger partial charge in [-0.15, -0.1) is 11.3 Å². The lowest BCUT2D eigenvalue weighted by molar-refractivity contribution is -0.137. The number of rotatable bonds is 4. The van der Waals surface area contributed by atoms with Crippen molar-refractivity contribution >= 4 is 27.4 Å². The maximum absolute atomic E-state index is 13.0. The van der Waals surface area contributed by atoms with Crippen LogP contribution >= 0.6 is 11.3 Å². The third kappa shape index (κ3) is 3.59. The number of carboxylic acid groups (broad SMARTS) is 1. The van der Waals surface area contributed by atoms with E-state index in [1.165, 1.54) is 23.5 Å². The molecule has 0 radical (unpaired) electrons. The average Bonchev–Trinajstić information content (AvgIpc) is 3.20. The Kier molecular flexibility index (Phi) is 4.89. The number of hydrogen-bond donors (Lipinski definition) is 1. The molecule has 0 aliphatic heterocycles. The van der Waals surface area contributed by atoms with Gasteiger partial charge in [-0.05, 0) is 43.7 Å². The fourth-order valence-corrected chi connectivity index (χ4v) is 4.73. The van der Waals surface area contributed by atoms with Gasteiger partial charge in [-0.3, -0.25) is 0 Å². The summed E-state index contributed by atoms with van der Waals surface area (Å²) in [5.74, 6) is -1.03. The van der Waals surface area contributed by atoms with Gasteiger partial charge in [0.25, 0.3) is 0 Å². The molecule has 0 amide bonds. The van der Waals surface area contributed by atoms with Gasteiger partial charge in [0.05, 0.1) is 22.6 Å². The largest absolute Gasteiger partial charge is 0.478 e. The molecular formula is C22H17F3N2O2S. The summed E-state index contributed by atoms with van der Waals surface area (Å²) in [4.78, 5) is 12.4. The highest BCUT2D eigenvalue weighted by molar-refractivity contribution is 7.19. The molecule has 0 aliphatic rings. The normalized spacial score (nSPS) is 11.9. The van der Waals surface area contributed by atoms with E-state index in [1.54, 1.807) is 24.6 Å². The van der Waals surface area contributed by atoms with Crippen LogP contribution in [-0.2, 0) is 12.6 Å². The van der Waals surface area contributed by atoms with Gasteiger partial charge in [0.2, 0.25) is 0 Å². The Labute approximate surface area is 174 Å². The number of fused-ring (bicyclic) bond motifs is 1. The number of alkyl halides is 3. The molecule has 0 saturated heterocycles. The number of thiophene rings is 1. The number of aryl methyl sites for hydroxylation is 1. The molecule has 30 heavy (non-hydrogen) atoms. The minimum atomic E-state index is -4.37. The predicted molar refractivity (Wildman–Crippen MR) is 110 cm³/mol. The fraction of sp³-hybridized carbons (Fsp3) is 0.182. The molecule has 0 fully saturated rings. The number of aromatic carboxylic acids is 1. The number of hydrogen-bond acceptors (Lipinski definition) is 3. The Morgan fingerprint density at radius 2 is 1.87 bits per heavy atom. The lowest BCUT2D eigenvalue weighted by Gasteiger charge is -2.08. The zero-order chi connectivity index (χ0) is 21.6. The van der Waals surface area contributed by atoms with E-state index < -0.39 is 17.7 Å². The zero-order valence-corrected chi connectivity index (χ0v) is 16.9. The van der Waals surface area contributed by atoms with E-state index in [4.69, 9.17) is 0 Å². The number of carboxylic acids is 1. The Morgan fingerprint density at radius 3 is 2.53 bits per heavy atom. The summed E-state index contributed by atoms with van der Waals surface area (Å²) < 4.78 is 41.6. The average molecular weight is 430 g/mol. The molecule has 154 valence electrons. The molecule has 0 saturated carbocycles. The van der Waals surface area contributed by atoms with Crippen molar-refractivity contribution in [2.75, 3.05) is 0 Å². The second-order valence-corrected chi connectivity index (χ2v) is 8.21. The number of carbonyl (C=O) groups is 1. The van der Waals surface area contributed by atoms with Crippen LogP contribution in [0.25, 0.3) is 15.8 Å². The fourth-order valence-electron chi connectivity index (χ4n) is 3.62. The first-order valence-corrected chi connectivity index (χ1v) is 9.94. The van der Waals surface area contributed by atoms with E-state index in [-0.39, 0.29) is 5.56 Å². The molecule has 4 aromatic rings. The topological polar surface area (TPSA) is 55.1 Å². The Balaban J connectivity index is 1.76. The monoisotopic (exact) mass is 430 g/mol. The highest BCUT2D eigenvalue weighted by atomic mass is 32.1. The quantitative estimate of drug-likeness (QED) is 0.431. The van der Waals surface area contributed by atoms with Crippen molar-refractivity contribution in [2.24, 2.45) is 0 Å². The van der Waals surface area contributed by atoms with Gasteiger partial charge in [-0.25, -0.2) is 9.48 Å². The van der Waals surface area contributed by atoms with Gasteiger partial charge < -0.3 is 5.11 Å². The number of nitrogens with zero attached hydrogens (tertiary/aromatic N) is 2. The van der Waals surface area contributed by atoms with Gasteiger partial charge in [0, 0.05) is 21.4 Å². The van der Waals surface area contributed by atoms with Gasteiger partial charge in [0.1, 0.15) is 5.56 Å². The smallest absolute Gasteiger partial charge is 0.416 e. The van der Waals surface area contributed by atoms with Crippen LogP contribution in [0.2, 0.25) is 0 Å². The number of halogens is 3. The van der Waals surface area contributed by atoms with Crippen molar-refractivity contribution in [1.29, 1.82) is 0 Å². The molecule has 4 rings (SSSR count). The molecule has 2 heterocycles. The predicted octanol–water partition coefficient (Wildman–Crippen LogP) is 6.01. The van der Waals surface area contributed by atoms with Crippen LogP contribution in [0.4, 0.5) is 13.2 Å². The van der Waals surface area contributed by atoms with Crippen molar-refractivity contribution in [2.45, 2.75) is 26.4 Å². The van der Waals surface area contributed by atoms with Crippen molar-refractivity contribution in [3.8, 4) is 5.69 Å². The van der Waals surface area contributed by atoms with Crippen LogP contribution < -0.4 is 0 Å². The minimum Gasteiger partial charge on any atom is -0.478 e. The van der Waals surface area contributed by atoms with E-state index in [1.807, 2.05) is 24.3 Å². The number of benzene rings is 2. The van der Waals surface area contributed by atoms with E-state index in [0.29, 0.717) is 23.4 Å². The molecule has 8 heteroatoms. The summed E-state index contributed by atoms with van der Waals surface area (Å²) in [5, 5.41) is 14.7. The second-order valence-electron chi connectivity index (χ2n) is 7.04. The molecule has 0 bridgehead atoms. The molecule has 0 aliphatic carbocycles. The first-order chi connectivity index (χ1) is 14.1. The molecule has 0 atom stereocenters. The highest BCUT2D eigenvalue weighted by Crippen LogP contribution is 2.34. The van der Waals surface area contributed by atoms with Crippen LogP contribution in [0, 0.1) is 13.8 Å².